The smallest absolute Gasteiger partial charge is 0.256 e. The zero-order valence-electron chi connectivity index (χ0n) is 17.9. The van der Waals surface area contributed by atoms with Crippen LogP contribution in [-0.2, 0) is 0 Å². The van der Waals surface area contributed by atoms with Gasteiger partial charge in [-0.25, -0.2) is 4.98 Å². The first-order chi connectivity index (χ1) is 16.1. The molecule has 0 saturated carbocycles. The maximum atomic E-state index is 13.0. The molecule has 0 radical (unpaired) electrons. The molecule has 0 fully saturated rings. The standard InChI is InChI=1S/C27H19N5O/c1-18-15-25(30-24-10-6-5-9-23(18)24)32-26(22(16-28)17-29-32)31-27(33)21-13-11-20(12-14-21)19-7-3-2-4-8-19/h2-15,17H,1H3,(H,31,33). The van der Waals surface area contributed by atoms with Crippen molar-refractivity contribution in [2.24, 2.45) is 0 Å². The Balaban J connectivity index is 1.48. The topological polar surface area (TPSA) is 83.6 Å². The number of carbonyl (C=O) groups is 1. The SMILES string of the molecule is Cc1cc(-n2ncc(C#N)c2NC(=O)c2ccc(-c3ccccc3)cc2)nc2ccccc12. The summed E-state index contributed by atoms with van der Waals surface area (Å²) >= 11 is 0. The number of nitriles is 1. The lowest BCUT2D eigenvalue weighted by Crippen LogP contribution is -2.16. The number of rotatable bonds is 4. The van der Waals surface area contributed by atoms with Gasteiger partial charge in [0.25, 0.3) is 5.91 Å². The van der Waals surface area contributed by atoms with E-state index >= 15 is 0 Å². The van der Waals surface area contributed by atoms with Crippen LogP contribution in [0.25, 0.3) is 27.8 Å². The van der Waals surface area contributed by atoms with Gasteiger partial charge in [-0.2, -0.15) is 15.0 Å². The lowest BCUT2D eigenvalue weighted by molar-refractivity contribution is 0.102. The summed E-state index contributed by atoms with van der Waals surface area (Å²) in [6, 6.07) is 29.1. The molecule has 6 heteroatoms. The van der Waals surface area contributed by atoms with Crippen molar-refractivity contribution in [3.63, 3.8) is 0 Å². The summed E-state index contributed by atoms with van der Waals surface area (Å²) in [6.45, 7) is 1.99. The number of hydrogen-bond donors (Lipinski definition) is 1. The molecule has 5 rings (SSSR count). The van der Waals surface area contributed by atoms with Crippen LogP contribution in [0.3, 0.4) is 0 Å². The Morgan fingerprint density at radius 3 is 2.39 bits per heavy atom. The van der Waals surface area contributed by atoms with Gasteiger partial charge in [0.2, 0.25) is 0 Å². The molecular formula is C27H19N5O. The molecule has 0 spiro atoms. The molecule has 0 aliphatic heterocycles. The van der Waals surface area contributed by atoms with Crippen LogP contribution < -0.4 is 5.32 Å². The maximum absolute atomic E-state index is 13.0. The molecule has 3 aromatic carbocycles. The van der Waals surface area contributed by atoms with Gasteiger partial charge in [0, 0.05) is 10.9 Å². The van der Waals surface area contributed by atoms with Gasteiger partial charge < -0.3 is 5.32 Å². The Kier molecular flexibility index (Phi) is 5.13. The Labute approximate surface area is 190 Å². The van der Waals surface area contributed by atoms with E-state index in [0.29, 0.717) is 11.4 Å². The monoisotopic (exact) mass is 429 g/mol. The van der Waals surface area contributed by atoms with E-state index in [1.54, 1.807) is 12.1 Å². The van der Waals surface area contributed by atoms with Crippen molar-refractivity contribution in [3.05, 3.63) is 108 Å². The van der Waals surface area contributed by atoms with Gasteiger partial charge in [0.1, 0.15) is 11.6 Å². The summed E-state index contributed by atoms with van der Waals surface area (Å²) in [4.78, 5) is 17.7. The van der Waals surface area contributed by atoms with E-state index in [0.717, 1.165) is 27.6 Å². The van der Waals surface area contributed by atoms with Gasteiger partial charge in [-0.1, -0.05) is 60.7 Å². The lowest BCUT2D eigenvalue weighted by atomic mass is 10.0. The number of benzene rings is 3. The average molecular weight is 429 g/mol. The van der Waals surface area contributed by atoms with Crippen LogP contribution in [0.2, 0.25) is 0 Å². The number of hydrogen-bond acceptors (Lipinski definition) is 4. The fraction of sp³-hybridized carbons (Fsp3) is 0.0370. The highest BCUT2D eigenvalue weighted by atomic mass is 16.1. The van der Waals surface area contributed by atoms with Crippen molar-refractivity contribution in [3.8, 4) is 23.0 Å². The number of anilines is 1. The molecule has 1 amide bonds. The zero-order valence-corrected chi connectivity index (χ0v) is 17.9. The molecule has 0 aliphatic rings. The minimum absolute atomic E-state index is 0.261. The zero-order chi connectivity index (χ0) is 22.8. The Morgan fingerprint density at radius 2 is 1.64 bits per heavy atom. The van der Waals surface area contributed by atoms with Crippen molar-refractivity contribution in [2.45, 2.75) is 6.92 Å². The molecule has 0 aliphatic carbocycles. The van der Waals surface area contributed by atoms with E-state index in [1.807, 2.05) is 79.7 Å². The normalized spacial score (nSPS) is 10.7. The van der Waals surface area contributed by atoms with Crippen molar-refractivity contribution < 1.29 is 4.79 Å². The predicted molar refractivity (Wildman–Crippen MR) is 128 cm³/mol. The van der Waals surface area contributed by atoms with Crippen molar-refractivity contribution in [1.29, 1.82) is 5.26 Å². The molecule has 1 N–H and O–H groups in total. The van der Waals surface area contributed by atoms with Crippen molar-refractivity contribution >= 4 is 22.6 Å². The fourth-order valence-corrected chi connectivity index (χ4v) is 3.79. The molecule has 2 heterocycles. The van der Waals surface area contributed by atoms with Crippen LogP contribution in [0.15, 0.2) is 91.1 Å². The van der Waals surface area contributed by atoms with Gasteiger partial charge in [-0.3, -0.25) is 4.79 Å². The van der Waals surface area contributed by atoms with Crippen molar-refractivity contribution in [1.82, 2.24) is 14.8 Å². The predicted octanol–water partition coefficient (Wildman–Crippen LogP) is 5.52. The van der Waals surface area contributed by atoms with Crippen LogP contribution in [0.5, 0.6) is 0 Å². The second-order valence-electron chi connectivity index (χ2n) is 7.64. The molecule has 5 aromatic rings. The summed E-state index contributed by atoms with van der Waals surface area (Å²) in [6.07, 6.45) is 1.43. The number of carbonyl (C=O) groups excluding carboxylic acids is 1. The highest BCUT2D eigenvalue weighted by molar-refractivity contribution is 6.04. The number of aromatic nitrogens is 3. The quantitative estimate of drug-likeness (QED) is 0.408. The molecule has 0 unspecified atom stereocenters. The molecule has 0 saturated heterocycles. The second-order valence-corrected chi connectivity index (χ2v) is 7.64. The maximum Gasteiger partial charge on any atom is 0.256 e. The van der Waals surface area contributed by atoms with Crippen LogP contribution in [-0.4, -0.2) is 20.7 Å². The highest BCUT2D eigenvalue weighted by Crippen LogP contribution is 2.25. The van der Waals surface area contributed by atoms with Crippen LogP contribution in [0.4, 0.5) is 5.82 Å². The first kappa shape index (κ1) is 20.2. The largest absolute Gasteiger partial charge is 0.305 e. The lowest BCUT2D eigenvalue weighted by Gasteiger charge is -2.11. The molecule has 0 atom stereocenters. The average Bonchev–Trinajstić information content (AvgIpc) is 3.27. The third-order valence-corrected chi connectivity index (χ3v) is 5.50. The number of nitrogens with one attached hydrogen (secondary N) is 1. The minimum Gasteiger partial charge on any atom is -0.305 e. The molecular weight excluding hydrogens is 410 g/mol. The van der Waals surface area contributed by atoms with Gasteiger partial charge in [-0.15, -0.1) is 0 Å². The summed E-state index contributed by atoms with van der Waals surface area (Å²) in [7, 11) is 0. The summed E-state index contributed by atoms with van der Waals surface area (Å²) in [5.74, 6) is 0.490. The first-order valence-electron chi connectivity index (χ1n) is 10.5. The number of fused-ring (bicyclic) bond motifs is 1. The van der Waals surface area contributed by atoms with E-state index in [2.05, 4.69) is 21.5 Å². The minimum atomic E-state index is -0.328. The third-order valence-electron chi connectivity index (χ3n) is 5.50. The van der Waals surface area contributed by atoms with E-state index in [4.69, 9.17) is 0 Å². The summed E-state index contributed by atoms with van der Waals surface area (Å²) < 4.78 is 1.49. The van der Waals surface area contributed by atoms with Crippen LogP contribution in [0, 0.1) is 18.3 Å². The number of para-hydroxylation sites is 1. The number of aryl methyl sites for hydroxylation is 1. The van der Waals surface area contributed by atoms with E-state index in [1.165, 1.54) is 10.9 Å². The van der Waals surface area contributed by atoms with Crippen molar-refractivity contribution in [2.75, 3.05) is 5.32 Å². The van der Waals surface area contributed by atoms with Crippen LogP contribution in [0.1, 0.15) is 21.5 Å². The second kappa shape index (κ2) is 8.40. The molecule has 2 aromatic heterocycles. The summed E-state index contributed by atoms with van der Waals surface area (Å²) in [5.41, 5.74) is 4.68. The molecule has 6 nitrogen and oxygen atoms in total. The molecule has 0 bridgehead atoms. The first-order valence-corrected chi connectivity index (χ1v) is 10.5. The fourth-order valence-electron chi connectivity index (χ4n) is 3.79. The van der Waals surface area contributed by atoms with E-state index < -0.39 is 0 Å². The van der Waals surface area contributed by atoms with Gasteiger partial charge >= 0.3 is 0 Å². The molecule has 158 valence electrons. The summed E-state index contributed by atoms with van der Waals surface area (Å²) in [5, 5.41) is 17.8. The number of pyridine rings is 1. The molecule has 33 heavy (non-hydrogen) atoms. The third kappa shape index (κ3) is 3.84. The highest BCUT2D eigenvalue weighted by Gasteiger charge is 2.18. The Hall–Kier alpha value is -4.76. The van der Waals surface area contributed by atoms with E-state index in [-0.39, 0.29) is 17.3 Å². The Morgan fingerprint density at radius 1 is 0.939 bits per heavy atom. The number of amides is 1. The van der Waals surface area contributed by atoms with Gasteiger partial charge in [0.05, 0.1) is 11.7 Å². The van der Waals surface area contributed by atoms with Gasteiger partial charge in [-0.05, 0) is 47.9 Å². The Bertz CT molecular complexity index is 1510. The van der Waals surface area contributed by atoms with Crippen LogP contribution >= 0.6 is 0 Å². The van der Waals surface area contributed by atoms with E-state index in [9.17, 15) is 10.1 Å². The number of nitrogens with zero attached hydrogens (tertiary/aromatic N) is 4. The van der Waals surface area contributed by atoms with Gasteiger partial charge in [0.15, 0.2) is 11.6 Å².